The first-order valence-electron chi connectivity index (χ1n) is 10.1. The highest BCUT2D eigenvalue weighted by molar-refractivity contribution is 7.88. The van der Waals surface area contributed by atoms with Crippen LogP contribution in [0.5, 0.6) is 0 Å². The molecule has 14 heteroatoms. The number of hydrogen-bond acceptors (Lipinski definition) is 8. The molecular formula is C19H21F2N9O2S. The van der Waals surface area contributed by atoms with Crippen molar-refractivity contribution in [1.29, 1.82) is 0 Å². The fraction of sp³-hybridized carbons (Fsp3) is 0.368. The van der Waals surface area contributed by atoms with E-state index in [1.165, 1.54) is 0 Å². The summed E-state index contributed by atoms with van der Waals surface area (Å²) in [5.74, 6) is -2.85. The van der Waals surface area contributed by atoms with Gasteiger partial charge in [0.25, 0.3) is 5.92 Å². The van der Waals surface area contributed by atoms with Crippen molar-refractivity contribution in [1.82, 2.24) is 33.5 Å². The average Bonchev–Trinajstić information content (AvgIpc) is 3.39. The minimum Gasteiger partial charge on any atom is -0.371 e. The standard InChI is InChI=1S/C19H21F2N9O2S/c1-22-17-16-12(13-3-4-15-23-7-10-29(15)26-13)5-9-30(16)27-18(25-17)24-14-6-8-28(33(2,31)32)11-19(14,20)21/h3-5,7,9-10,14H,6,8,11H2,1-2H3,(H2,22,24,25,27)/t14-/m1/s1. The number of piperidine rings is 1. The van der Waals surface area contributed by atoms with Gasteiger partial charge in [-0.05, 0) is 24.6 Å². The van der Waals surface area contributed by atoms with Gasteiger partial charge in [-0.3, -0.25) is 0 Å². The zero-order valence-electron chi connectivity index (χ0n) is 17.8. The number of aromatic nitrogens is 6. The van der Waals surface area contributed by atoms with E-state index in [-0.39, 0.29) is 18.9 Å². The first kappa shape index (κ1) is 21.5. The van der Waals surface area contributed by atoms with E-state index in [1.54, 1.807) is 34.7 Å². The van der Waals surface area contributed by atoms with Crippen molar-refractivity contribution < 1.29 is 17.2 Å². The number of sulfonamides is 1. The molecule has 0 unspecified atom stereocenters. The molecule has 0 saturated carbocycles. The number of alkyl halides is 2. The summed E-state index contributed by atoms with van der Waals surface area (Å²) in [5, 5.41) is 14.6. The molecule has 0 radical (unpaired) electrons. The van der Waals surface area contributed by atoms with Gasteiger partial charge in [-0.1, -0.05) is 0 Å². The Morgan fingerprint density at radius 2 is 1.97 bits per heavy atom. The van der Waals surface area contributed by atoms with E-state index in [2.05, 4.69) is 30.8 Å². The average molecular weight is 478 g/mol. The summed E-state index contributed by atoms with van der Waals surface area (Å²) < 4.78 is 56.7. The Balaban J connectivity index is 1.47. The molecule has 0 aromatic carbocycles. The lowest BCUT2D eigenvalue weighted by molar-refractivity contribution is -0.0541. The minimum atomic E-state index is -3.70. The summed E-state index contributed by atoms with van der Waals surface area (Å²) in [5.41, 5.74) is 2.77. The predicted octanol–water partition coefficient (Wildman–Crippen LogP) is 1.56. The Morgan fingerprint density at radius 3 is 2.70 bits per heavy atom. The Kier molecular flexibility index (Phi) is 4.93. The Bertz CT molecular complexity index is 1450. The number of rotatable bonds is 5. The number of nitrogens with zero attached hydrogens (tertiary/aromatic N) is 7. The van der Waals surface area contributed by atoms with Crippen LogP contribution in [-0.4, -0.2) is 80.3 Å². The van der Waals surface area contributed by atoms with Crippen LogP contribution in [0.3, 0.4) is 0 Å². The number of hydrogen-bond donors (Lipinski definition) is 2. The van der Waals surface area contributed by atoms with Crippen LogP contribution in [0.1, 0.15) is 6.42 Å². The van der Waals surface area contributed by atoms with Gasteiger partial charge in [-0.25, -0.2) is 31.2 Å². The third-order valence-electron chi connectivity index (χ3n) is 5.62. The second-order valence-electron chi connectivity index (χ2n) is 7.85. The molecule has 0 bridgehead atoms. The molecule has 33 heavy (non-hydrogen) atoms. The molecule has 0 spiro atoms. The molecule has 1 fully saturated rings. The predicted molar refractivity (Wildman–Crippen MR) is 118 cm³/mol. The molecule has 0 aliphatic carbocycles. The van der Waals surface area contributed by atoms with E-state index < -0.39 is 28.5 Å². The van der Waals surface area contributed by atoms with Gasteiger partial charge in [0.1, 0.15) is 5.52 Å². The third kappa shape index (κ3) is 3.84. The third-order valence-corrected chi connectivity index (χ3v) is 6.87. The Hall–Kier alpha value is -3.39. The largest absolute Gasteiger partial charge is 0.371 e. The molecule has 0 amide bonds. The van der Waals surface area contributed by atoms with Crippen molar-refractivity contribution in [2.75, 3.05) is 37.0 Å². The maximum absolute atomic E-state index is 14.7. The highest BCUT2D eigenvalue weighted by atomic mass is 32.2. The van der Waals surface area contributed by atoms with Crippen molar-refractivity contribution in [2.24, 2.45) is 0 Å². The van der Waals surface area contributed by atoms with Crippen LogP contribution >= 0.6 is 0 Å². The first-order chi connectivity index (χ1) is 15.7. The van der Waals surface area contributed by atoms with E-state index >= 15 is 0 Å². The van der Waals surface area contributed by atoms with Gasteiger partial charge in [-0.15, -0.1) is 5.10 Å². The van der Waals surface area contributed by atoms with Crippen molar-refractivity contribution >= 4 is 33.0 Å². The summed E-state index contributed by atoms with van der Waals surface area (Å²) in [6.07, 6.45) is 5.94. The van der Waals surface area contributed by atoms with Gasteiger partial charge in [0.2, 0.25) is 16.0 Å². The summed E-state index contributed by atoms with van der Waals surface area (Å²) in [7, 11) is -2.02. The van der Waals surface area contributed by atoms with Gasteiger partial charge < -0.3 is 10.6 Å². The Labute approximate surface area is 187 Å². The molecule has 174 valence electrons. The molecule has 1 atom stereocenters. The lowest BCUT2D eigenvalue weighted by Crippen LogP contribution is -2.55. The normalized spacial score (nSPS) is 19.2. The monoisotopic (exact) mass is 477 g/mol. The fourth-order valence-electron chi connectivity index (χ4n) is 3.95. The second kappa shape index (κ2) is 7.59. The number of fused-ring (bicyclic) bond motifs is 2. The molecular weight excluding hydrogens is 456 g/mol. The summed E-state index contributed by atoms with van der Waals surface area (Å²) in [4.78, 5) is 8.58. The number of imidazole rings is 1. The lowest BCUT2D eigenvalue weighted by Gasteiger charge is -2.37. The zero-order valence-corrected chi connectivity index (χ0v) is 18.6. The van der Waals surface area contributed by atoms with Crippen LogP contribution in [0.2, 0.25) is 0 Å². The first-order valence-corrected chi connectivity index (χ1v) is 12.0. The van der Waals surface area contributed by atoms with E-state index in [0.29, 0.717) is 22.7 Å². The molecule has 4 aromatic rings. The maximum atomic E-state index is 14.7. The molecule has 1 saturated heterocycles. The molecule has 4 aromatic heterocycles. The van der Waals surface area contributed by atoms with Crippen LogP contribution in [0.25, 0.3) is 22.4 Å². The quantitative estimate of drug-likeness (QED) is 0.444. The summed E-state index contributed by atoms with van der Waals surface area (Å²) in [6.45, 7) is -0.899. The number of halogens is 2. The molecule has 1 aliphatic rings. The van der Waals surface area contributed by atoms with Gasteiger partial charge in [-0.2, -0.15) is 14.4 Å². The van der Waals surface area contributed by atoms with E-state index in [4.69, 9.17) is 0 Å². The van der Waals surface area contributed by atoms with Crippen molar-refractivity contribution in [3.8, 4) is 11.3 Å². The zero-order chi connectivity index (χ0) is 23.4. The van der Waals surface area contributed by atoms with Crippen LogP contribution in [0.15, 0.2) is 36.8 Å². The Morgan fingerprint density at radius 1 is 1.15 bits per heavy atom. The fourth-order valence-corrected chi connectivity index (χ4v) is 4.79. The van der Waals surface area contributed by atoms with Gasteiger partial charge in [0.05, 0.1) is 24.5 Å². The van der Waals surface area contributed by atoms with Crippen LogP contribution in [0.4, 0.5) is 20.5 Å². The second-order valence-corrected chi connectivity index (χ2v) is 9.83. The highest BCUT2D eigenvalue weighted by Crippen LogP contribution is 2.32. The van der Waals surface area contributed by atoms with Crippen molar-refractivity contribution in [3.05, 3.63) is 36.8 Å². The topological polar surface area (TPSA) is 122 Å². The van der Waals surface area contributed by atoms with Gasteiger partial charge in [0.15, 0.2) is 11.5 Å². The SMILES string of the molecule is CNc1nc(N[C@@H]2CCN(S(C)(=O)=O)CC2(F)F)nn2ccc(-c3ccc4nccn4n3)c12. The summed E-state index contributed by atoms with van der Waals surface area (Å²) in [6, 6.07) is 4.18. The van der Waals surface area contributed by atoms with Crippen LogP contribution < -0.4 is 10.6 Å². The highest BCUT2D eigenvalue weighted by Gasteiger charge is 2.47. The maximum Gasteiger partial charge on any atom is 0.281 e. The smallest absolute Gasteiger partial charge is 0.281 e. The molecule has 11 nitrogen and oxygen atoms in total. The van der Waals surface area contributed by atoms with Crippen molar-refractivity contribution in [3.63, 3.8) is 0 Å². The molecule has 5 rings (SSSR count). The van der Waals surface area contributed by atoms with E-state index in [1.807, 2.05) is 18.2 Å². The number of nitrogens with one attached hydrogen (secondary N) is 2. The van der Waals surface area contributed by atoms with Crippen LogP contribution in [0, 0.1) is 0 Å². The molecule has 2 N–H and O–H groups in total. The van der Waals surface area contributed by atoms with Crippen molar-refractivity contribution in [2.45, 2.75) is 18.4 Å². The van der Waals surface area contributed by atoms with Gasteiger partial charge >= 0.3 is 0 Å². The lowest BCUT2D eigenvalue weighted by atomic mass is 10.0. The van der Waals surface area contributed by atoms with Gasteiger partial charge in [0, 0.05) is 37.7 Å². The minimum absolute atomic E-state index is 0.00417. The molecule has 5 heterocycles. The van der Waals surface area contributed by atoms with Crippen LogP contribution in [-0.2, 0) is 10.0 Å². The molecule has 1 aliphatic heterocycles. The van der Waals surface area contributed by atoms with E-state index in [0.717, 1.165) is 16.1 Å². The number of anilines is 2. The van der Waals surface area contributed by atoms with E-state index in [9.17, 15) is 17.2 Å². The summed E-state index contributed by atoms with van der Waals surface area (Å²) >= 11 is 0.